The van der Waals surface area contributed by atoms with Crippen molar-refractivity contribution in [1.29, 1.82) is 0 Å². The fourth-order valence-electron chi connectivity index (χ4n) is 3.65. The zero-order valence-electron chi connectivity index (χ0n) is 14.3. The molecule has 3 atom stereocenters. The minimum atomic E-state index is -0.0281. The molecule has 2 aliphatic rings. The van der Waals surface area contributed by atoms with Crippen molar-refractivity contribution in [3.05, 3.63) is 84.5 Å². The monoisotopic (exact) mass is 318 g/mol. The summed E-state index contributed by atoms with van der Waals surface area (Å²) < 4.78 is 0. The summed E-state index contributed by atoms with van der Waals surface area (Å²) in [5, 5.41) is 0. The Hall–Kier alpha value is -2.19. The van der Waals surface area contributed by atoms with Gasteiger partial charge >= 0.3 is 0 Å². The van der Waals surface area contributed by atoms with Crippen LogP contribution in [0.4, 0.5) is 0 Å². The van der Waals surface area contributed by atoms with Crippen molar-refractivity contribution in [2.24, 2.45) is 10.9 Å². The van der Waals surface area contributed by atoms with Crippen molar-refractivity contribution >= 4 is 6.72 Å². The van der Waals surface area contributed by atoms with E-state index >= 15 is 0 Å². The second kappa shape index (κ2) is 8.07. The lowest BCUT2D eigenvalue weighted by atomic mass is 9.91. The molecule has 0 fully saturated rings. The molecule has 0 saturated heterocycles. The van der Waals surface area contributed by atoms with Crippen LogP contribution in [0.2, 0.25) is 0 Å². The van der Waals surface area contributed by atoms with Gasteiger partial charge in [0.1, 0.15) is 6.17 Å². The van der Waals surface area contributed by atoms with E-state index in [1.54, 1.807) is 0 Å². The standard InChI is InChI=1S/C22H26N2/c1-18-12-10-11-17-21(18)24(20-15-8-3-4-9-16-20)22(23-2)19-13-6-5-7-14-19/h3-14,17-18,20-22H,2,15-16H2,1H3. The zero-order chi connectivity index (χ0) is 16.8. The van der Waals surface area contributed by atoms with E-state index < -0.39 is 0 Å². The Labute approximate surface area is 145 Å². The van der Waals surface area contributed by atoms with Gasteiger partial charge in [-0.3, -0.25) is 9.89 Å². The van der Waals surface area contributed by atoms with Crippen molar-refractivity contribution in [3.63, 3.8) is 0 Å². The number of hydrogen-bond acceptors (Lipinski definition) is 2. The summed E-state index contributed by atoms with van der Waals surface area (Å²) in [6.07, 6.45) is 19.8. The van der Waals surface area contributed by atoms with Crippen LogP contribution in [0.15, 0.2) is 83.9 Å². The van der Waals surface area contributed by atoms with Gasteiger partial charge in [0.2, 0.25) is 0 Å². The second-order valence-corrected chi connectivity index (χ2v) is 6.52. The highest BCUT2D eigenvalue weighted by Gasteiger charge is 2.33. The fourth-order valence-corrected chi connectivity index (χ4v) is 3.65. The summed E-state index contributed by atoms with van der Waals surface area (Å²) in [6, 6.07) is 11.3. The Bertz CT molecular complexity index is 640. The molecule has 24 heavy (non-hydrogen) atoms. The number of aliphatic imine (C=N–C) groups is 1. The smallest absolute Gasteiger partial charge is 0.128 e. The van der Waals surface area contributed by atoms with E-state index in [2.05, 4.69) is 102 Å². The van der Waals surface area contributed by atoms with Gasteiger partial charge in [-0.25, -0.2) is 0 Å². The van der Waals surface area contributed by atoms with Gasteiger partial charge in [0.05, 0.1) is 0 Å². The van der Waals surface area contributed by atoms with Crippen LogP contribution in [0.3, 0.4) is 0 Å². The molecule has 1 aromatic rings. The van der Waals surface area contributed by atoms with E-state index in [0.717, 1.165) is 12.8 Å². The van der Waals surface area contributed by atoms with Gasteiger partial charge in [0.15, 0.2) is 0 Å². The first-order valence-corrected chi connectivity index (χ1v) is 8.76. The first-order valence-electron chi connectivity index (χ1n) is 8.76. The number of hydrogen-bond donors (Lipinski definition) is 0. The first-order chi connectivity index (χ1) is 11.8. The average molecular weight is 318 g/mol. The Kier molecular flexibility index (Phi) is 5.60. The summed E-state index contributed by atoms with van der Waals surface area (Å²) in [7, 11) is 0. The molecule has 0 aromatic heterocycles. The van der Waals surface area contributed by atoms with Crippen molar-refractivity contribution < 1.29 is 0 Å². The molecule has 3 rings (SSSR count). The maximum Gasteiger partial charge on any atom is 0.128 e. The molecule has 2 aliphatic carbocycles. The van der Waals surface area contributed by atoms with Gasteiger partial charge in [-0.05, 0) is 31.0 Å². The molecule has 0 heterocycles. The van der Waals surface area contributed by atoms with Gasteiger partial charge in [-0.15, -0.1) is 0 Å². The molecular formula is C22H26N2. The summed E-state index contributed by atoms with van der Waals surface area (Å²) in [6.45, 7) is 6.21. The Balaban J connectivity index is 1.98. The lowest BCUT2D eigenvalue weighted by molar-refractivity contribution is 0.0871. The summed E-state index contributed by atoms with van der Waals surface area (Å²) in [5.41, 5.74) is 1.21. The normalized spacial score (nSPS) is 24.9. The van der Waals surface area contributed by atoms with Gasteiger partial charge < -0.3 is 0 Å². The lowest BCUT2D eigenvalue weighted by Crippen LogP contribution is -2.47. The molecule has 0 amide bonds. The SMILES string of the molecule is C=NC(c1ccccc1)N(C1CC=CC=CC1)C1C=CC=CC1C. The highest BCUT2D eigenvalue weighted by molar-refractivity contribution is 5.30. The highest BCUT2D eigenvalue weighted by atomic mass is 15.3. The van der Waals surface area contributed by atoms with Crippen LogP contribution in [-0.4, -0.2) is 23.7 Å². The molecule has 2 heteroatoms. The first kappa shape index (κ1) is 16.7. The molecule has 0 spiro atoms. The van der Waals surface area contributed by atoms with Crippen LogP contribution < -0.4 is 0 Å². The Morgan fingerprint density at radius 3 is 2.29 bits per heavy atom. The highest BCUT2D eigenvalue weighted by Crippen LogP contribution is 2.34. The van der Waals surface area contributed by atoms with Crippen LogP contribution in [-0.2, 0) is 0 Å². The average Bonchev–Trinajstić information content (AvgIpc) is 2.90. The van der Waals surface area contributed by atoms with Crippen LogP contribution >= 0.6 is 0 Å². The number of benzene rings is 1. The molecule has 0 bridgehead atoms. The van der Waals surface area contributed by atoms with Crippen LogP contribution in [0.25, 0.3) is 0 Å². The molecule has 0 radical (unpaired) electrons. The number of nitrogens with zero attached hydrogens (tertiary/aromatic N) is 2. The van der Waals surface area contributed by atoms with E-state index in [9.17, 15) is 0 Å². The minimum Gasteiger partial charge on any atom is -0.277 e. The van der Waals surface area contributed by atoms with E-state index in [4.69, 9.17) is 0 Å². The minimum absolute atomic E-state index is 0.0281. The number of rotatable bonds is 5. The van der Waals surface area contributed by atoms with Crippen LogP contribution in [0.5, 0.6) is 0 Å². The number of allylic oxidation sites excluding steroid dienone is 4. The lowest BCUT2D eigenvalue weighted by Gasteiger charge is -2.42. The van der Waals surface area contributed by atoms with Crippen LogP contribution in [0.1, 0.15) is 31.5 Å². The van der Waals surface area contributed by atoms with E-state index in [1.807, 2.05) is 0 Å². The second-order valence-electron chi connectivity index (χ2n) is 6.52. The van der Waals surface area contributed by atoms with Gasteiger partial charge in [-0.2, -0.15) is 0 Å². The van der Waals surface area contributed by atoms with Crippen molar-refractivity contribution in [1.82, 2.24) is 4.90 Å². The van der Waals surface area contributed by atoms with Crippen molar-refractivity contribution in [2.75, 3.05) is 0 Å². The maximum absolute atomic E-state index is 4.54. The van der Waals surface area contributed by atoms with Gasteiger partial charge in [0, 0.05) is 12.1 Å². The van der Waals surface area contributed by atoms with Crippen molar-refractivity contribution in [3.8, 4) is 0 Å². The summed E-state index contributed by atoms with van der Waals surface area (Å²) in [4.78, 5) is 7.09. The quantitative estimate of drug-likeness (QED) is 0.690. The topological polar surface area (TPSA) is 15.6 Å². The van der Waals surface area contributed by atoms with E-state index in [0.29, 0.717) is 18.0 Å². The van der Waals surface area contributed by atoms with Gasteiger partial charge in [-0.1, -0.05) is 85.9 Å². The fraction of sp³-hybridized carbons (Fsp3) is 0.318. The predicted molar refractivity (Wildman–Crippen MR) is 103 cm³/mol. The third-order valence-corrected chi connectivity index (χ3v) is 4.89. The molecule has 0 saturated carbocycles. The van der Waals surface area contributed by atoms with E-state index in [-0.39, 0.29) is 6.17 Å². The molecular weight excluding hydrogens is 292 g/mol. The molecule has 124 valence electrons. The van der Waals surface area contributed by atoms with Crippen LogP contribution in [0, 0.1) is 5.92 Å². The third kappa shape index (κ3) is 3.65. The van der Waals surface area contributed by atoms with Crippen molar-refractivity contribution in [2.45, 2.75) is 38.0 Å². The van der Waals surface area contributed by atoms with Gasteiger partial charge in [0.25, 0.3) is 0 Å². The largest absolute Gasteiger partial charge is 0.277 e. The Morgan fingerprint density at radius 1 is 1.00 bits per heavy atom. The molecule has 0 aliphatic heterocycles. The molecule has 0 N–H and O–H groups in total. The molecule has 2 nitrogen and oxygen atoms in total. The summed E-state index contributed by atoms with van der Waals surface area (Å²) in [5.74, 6) is 0.458. The predicted octanol–water partition coefficient (Wildman–Crippen LogP) is 5.09. The molecule has 1 aromatic carbocycles. The molecule has 3 unspecified atom stereocenters. The van der Waals surface area contributed by atoms with E-state index in [1.165, 1.54) is 5.56 Å². The zero-order valence-corrected chi connectivity index (χ0v) is 14.3. The summed E-state index contributed by atoms with van der Waals surface area (Å²) >= 11 is 0. The Morgan fingerprint density at radius 2 is 1.67 bits per heavy atom. The maximum atomic E-state index is 4.54. The third-order valence-electron chi connectivity index (χ3n) is 4.89.